The van der Waals surface area contributed by atoms with Gasteiger partial charge in [0, 0.05) is 44.1 Å². The van der Waals surface area contributed by atoms with Crippen LogP contribution < -0.4 is 5.32 Å². The first-order valence-corrected chi connectivity index (χ1v) is 8.52. The van der Waals surface area contributed by atoms with Gasteiger partial charge in [0.1, 0.15) is 11.5 Å². The second-order valence-electron chi connectivity index (χ2n) is 6.58. The third kappa shape index (κ3) is 3.55. The van der Waals surface area contributed by atoms with E-state index in [9.17, 15) is 9.59 Å². The number of imidazole rings is 1. The minimum absolute atomic E-state index is 0.0498. The van der Waals surface area contributed by atoms with E-state index in [0.29, 0.717) is 25.3 Å². The highest BCUT2D eigenvalue weighted by molar-refractivity contribution is 5.92. The Morgan fingerprint density at radius 3 is 2.84 bits per heavy atom. The molecule has 0 radical (unpaired) electrons. The van der Waals surface area contributed by atoms with Crippen LogP contribution in [0, 0.1) is 5.92 Å². The van der Waals surface area contributed by atoms with Crippen LogP contribution in [0.25, 0.3) is 0 Å². The molecule has 1 N–H and O–H groups in total. The quantitative estimate of drug-likeness (QED) is 0.919. The van der Waals surface area contributed by atoms with Gasteiger partial charge in [0.05, 0.1) is 6.04 Å². The first-order chi connectivity index (χ1) is 12.0. The Kier molecular flexibility index (Phi) is 4.83. The number of rotatable bonds is 4. The Bertz CT molecular complexity index is 769. The maximum atomic E-state index is 12.4. The van der Waals surface area contributed by atoms with Crippen LogP contribution in [0.5, 0.6) is 0 Å². The largest absolute Gasteiger partial charge is 0.347 e. The molecule has 0 bridgehead atoms. The third-order valence-electron chi connectivity index (χ3n) is 4.42. The van der Waals surface area contributed by atoms with Gasteiger partial charge in [-0.2, -0.15) is 0 Å². The van der Waals surface area contributed by atoms with E-state index in [2.05, 4.69) is 15.3 Å². The van der Waals surface area contributed by atoms with E-state index < -0.39 is 0 Å². The predicted molar refractivity (Wildman–Crippen MR) is 92.6 cm³/mol. The number of carbonyl (C=O) groups excluding carboxylic acids is 2. The van der Waals surface area contributed by atoms with Gasteiger partial charge in [-0.25, -0.2) is 4.98 Å². The summed E-state index contributed by atoms with van der Waals surface area (Å²) in [5.41, 5.74) is 1.31. The summed E-state index contributed by atoms with van der Waals surface area (Å²) >= 11 is 0. The number of nitrogens with zero attached hydrogens (tertiary/aromatic N) is 4. The topological polar surface area (TPSA) is 80.1 Å². The lowest BCUT2D eigenvalue weighted by Gasteiger charge is -2.34. The fourth-order valence-corrected chi connectivity index (χ4v) is 3.01. The molecule has 2 aromatic heterocycles. The first kappa shape index (κ1) is 17.1. The zero-order valence-corrected chi connectivity index (χ0v) is 14.8. The number of carbonyl (C=O) groups is 2. The van der Waals surface area contributed by atoms with Crippen molar-refractivity contribution in [2.24, 2.45) is 5.92 Å². The van der Waals surface area contributed by atoms with Gasteiger partial charge in [-0.1, -0.05) is 19.9 Å². The second-order valence-corrected chi connectivity index (χ2v) is 6.58. The lowest BCUT2D eigenvalue weighted by Crippen LogP contribution is -2.42. The highest BCUT2D eigenvalue weighted by atomic mass is 16.2. The molecule has 1 unspecified atom stereocenters. The Morgan fingerprint density at radius 2 is 2.16 bits per heavy atom. The highest BCUT2D eigenvalue weighted by Crippen LogP contribution is 2.26. The maximum absolute atomic E-state index is 12.4. The van der Waals surface area contributed by atoms with Crippen molar-refractivity contribution in [2.45, 2.75) is 39.9 Å². The minimum atomic E-state index is -0.223. The molecule has 0 saturated heterocycles. The summed E-state index contributed by atoms with van der Waals surface area (Å²) in [6, 6.07) is 3.60. The summed E-state index contributed by atoms with van der Waals surface area (Å²) in [7, 11) is 0. The zero-order valence-electron chi connectivity index (χ0n) is 14.8. The molecule has 7 heteroatoms. The van der Waals surface area contributed by atoms with Crippen molar-refractivity contribution in [3.8, 4) is 0 Å². The molecular formula is C18H23N5O2. The summed E-state index contributed by atoms with van der Waals surface area (Å²) in [5.74, 6) is 0.599. The van der Waals surface area contributed by atoms with Crippen LogP contribution in [0.1, 0.15) is 48.7 Å². The molecule has 1 aliphatic rings. The minimum Gasteiger partial charge on any atom is -0.347 e. The number of hydrogen-bond acceptors (Lipinski definition) is 4. The summed E-state index contributed by atoms with van der Waals surface area (Å²) in [6.45, 7) is 7.44. The number of pyridine rings is 1. The summed E-state index contributed by atoms with van der Waals surface area (Å²) in [4.78, 5) is 35.0. The molecule has 2 aromatic rings. The SMILES string of the molecule is CC(C)C(=O)N1CCn2cc(C(=O)NCc3cccnc3)nc2C1C. The molecule has 1 aliphatic heterocycles. The van der Waals surface area contributed by atoms with Crippen LogP contribution in [0.15, 0.2) is 30.7 Å². The maximum Gasteiger partial charge on any atom is 0.271 e. The molecule has 3 rings (SSSR count). The molecule has 1 atom stereocenters. The lowest BCUT2D eigenvalue weighted by atomic mass is 10.1. The second kappa shape index (κ2) is 7.04. The van der Waals surface area contributed by atoms with Crippen LogP contribution in [0.4, 0.5) is 0 Å². The van der Waals surface area contributed by atoms with E-state index in [1.54, 1.807) is 18.6 Å². The van der Waals surface area contributed by atoms with Crippen LogP contribution in [-0.4, -0.2) is 37.8 Å². The van der Waals surface area contributed by atoms with Crippen molar-refractivity contribution in [1.29, 1.82) is 0 Å². The van der Waals surface area contributed by atoms with Gasteiger partial charge in [0.2, 0.25) is 5.91 Å². The Balaban J connectivity index is 1.71. The molecule has 3 heterocycles. The lowest BCUT2D eigenvalue weighted by molar-refractivity contribution is -0.137. The summed E-state index contributed by atoms with van der Waals surface area (Å²) in [6.07, 6.45) is 5.18. The molecule has 25 heavy (non-hydrogen) atoms. The number of amides is 2. The molecule has 7 nitrogen and oxygen atoms in total. The fourth-order valence-electron chi connectivity index (χ4n) is 3.01. The summed E-state index contributed by atoms with van der Waals surface area (Å²) < 4.78 is 1.97. The molecular weight excluding hydrogens is 318 g/mol. The molecule has 0 fully saturated rings. The van der Waals surface area contributed by atoms with Crippen LogP contribution in [0.2, 0.25) is 0 Å². The average molecular weight is 341 g/mol. The normalized spacial score (nSPS) is 16.6. The standard InChI is InChI=1S/C18H23N5O2/c1-12(2)18(25)23-8-7-22-11-15(21-16(22)13(23)3)17(24)20-10-14-5-4-6-19-9-14/h4-6,9,11-13H,7-8,10H2,1-3H3,(H,20,24). The molecule has 0 aromatic carbocycles. The van der Waals surface area contributed by atoms with Crippen LogP contribution in [0.3, 0.4) is 0 Å². The van der Waals surface area contributed by atoms with Crippen molar-refractivity contribution < 1.29 is 9.59 Å². The number of nitrogens with one attached hydrogen (secondary N) is 1. The van der Waals surface area contributed by atoms with Crippen LogP contribution in [-0.2, 0) is 17.9 Å². The molecule has 132 valence electrons. The van der Waals surface area contributed by atoms with Gasteiger partial charge in [-0.15, -0.1) is 0 Å². The smallest absolute Gasteiger partial charge is 0.271 e. The molecule has 0 saturated carbocycles. The Hall–Kier alpha value is -2.70. The number of fused-ring (bicyclic) bond motifs is 1. The summed E-state index contributed by atoms with van der Waals surface area (Å²) in [5, 5.41) is 2.86. The molecule has 0 aliphatic carbocycles. The van der Waals surface area contributed by atoms with E-state index in [4.69, 9.17) is 0 Å². The number of aromatic nitrogens is 3. The van der Waals surface area contributed by atoms with Gasteiger partial charge < -0.3 is 14.8 Å². The molecule has 0 spiro atoms. The fraction of sp³-hybridized carbons (Fsp3) is 0.444. The average Bonchev–Trinajstić information content (AvgIpc) is 3.05. The van der Waals surface area contributed by atoms with Crippen molar-refractivity contribution in [3.63, 3.8) is 0 Å². The van der Waals surface area contributed by atoms with Gasteiger partial charge in [0.15, 0.2) is 0 Å². The Morgan fingerprint density at radius 1 is 1.36 bits per heavy atom. The van der Waals surface area contributed by atoms with E-state index in [1.807, 2.05) is 42.4 Å². The monoisotopic (exact) mass is 341 g/mol. The van der Waals surface area contributed by atoms with E-state index >= 15 is 0 Å². The predicted octanol–water partition coefficient (Wildman–Crippen LogP) is 1.77. The van der Waals surface area contributed by atoms with Crippen molar-refractivity contribution in [2.75, 3.05) is 6.54 Å². The van der Waals surface area contributed by atoms with E-state index in [-0.39, 0.29) is 23.8 Å². The first-order valence-electron chi connectivity index (χ1n) is 8.52. The van der Waals surface area contributed by atoms with Gasteiger partial charge in [0.25, 0.3) is 5.91 Å². The van der Waals surface area contributed by atoms with E-state index in [1.165, 1.54) is 0 Å². The highest BCUT2D eigenvalue weighted by Gasteiger charge is 2.31. The number of hydrogen-bond donors (Lipinski definition) is 1. The Labute approximate surface area is 147 Å². The van der Waals surface area contributed by atoms with Crippen molar-refractivity contribution >= 4 is 11.8 Å². The zero-order chi connectivity index (χ0) is 18.0. The van der Waals surface area contributed by atoms with Crippen molar-refractivity contribution in [1.82, 2.24) is 24.8 Å². The van der Waals surface area contributed by atoms with E-state index in [0.717, 1.165) is 11.4 Å². The molecule has 2 amide bonds. The van der Waals surface area contributed by atoms with Gasteiger partial charge in [-0.3, -0.25) is 14.6 Å². The van der Waals surface area contributed by atoms with Crippen LogP contribution >= 0.6 is 0 Å². The van der Waals surface area contributed by atoms with Gasteiger partial charge >= 0.3 is 0 Å². The van der Waals surface area contributed by atoms with Gasteiger partial charge in [-0.05, 0) is 18.6 Å². The van der Waals surface area contributed by atoms with Crippen molar-refractivity contribution in [3.05, 3.63) is 47.8 Å². The third-order valence-corrected chi connectivity index (χ3v) is 4.42.